The zero-order valence-electron chi connectivity index (χ0n) is 21.3. The van der Waals surface area contributed by atoms with E-state index in [1.165, 1.54) is 0 Å². The van der Waals surface area contributed by atoms with Gasteiger partial charge in [-0.2, -0.15) is 10.5 Å². The average Bonchev–Trinajstić information content (AvgIpc) is 3.46. The first-order chi connectivity index (χ1) is 17.8. The summed E-state index contributed by atoms with van der Waals surface area (Å²) in [6.45, 7) is 6.08. The van der Waals surface area contributed by atoms with Crippen molar-refractivity contribution >= 4 is 11.6 Å². The molecule has 0 aliphatic heterocycles. The number of benzene rings is 3. The number of aromatic nitrogens is 2. The smallest absolute Gasteiger partial charge is 0.0991 e. The Bertz CT molecular complexity index is 1390. The third kappa shape index (κ3) is 6.27. The molecule has 1 aromatic heterocycles. The minimum absolute atomic E-state index is 0.00410. The van der Waals surface area contributed by atoms with Crippen LogP contribution in [0.3, 0.4) is 0 Å². The van der Waals surface area contributed by atoms with Crippen molar-refractivity contribution in [2.45, 2.75) is 45.2 Å². The fourth-order valence-electron chi connectivity index (χ4n) is 4.71. The highest BCUT2D eigenvalue weighted by Gasteiger charge is 2.34. The van der Waals surface area contributed by atoms with E-state index >= 15 is 0 Å². The van der Waals surface area contributed by atoms with Gasteiger partial charge in [0, 0.05) is 35.1 Å². The van der Waals surface area contributed by atoms with Gasteiger partial charge in [-0.25, -0.2) is 4.98 Å². The quantitative estimate of drug-likeness (QED) is 0.265. The maximum Gasteiger partial charge on any atom is 0.0991 e. The van der Waals surface area contributed by atoms with Gasteiger partial charge in [0.2, 0.25) is 0 Å². The molecule has 2 unspecified atom stereocenters. The number of hydrogen-bond donors (Lipinski definition) is 1. The van der Waals surface area contributed by atoms with Crippen molar-refractivity contribution in [3.05, 3.63) is 119 Å². The summed E-state index contributed by atoms with van der Waals surface area (Å²) in [5, 5.41) is 24.1. The van der Waals surface area contributed by atoms with Crippen LogP contribution in [0.4, 0.5) is 0 Å². The topological polar surface area (TPSA) is 77.4 Å². The van der Waals surface area contributed by atoms with Crippen molar-refractivity contribution in [3.63, 3.8) is 0 Å². The molecule has 1 heterocycles. The molecule has 37 heavy (non-hydrogen) atoms. The van der Waals surface area contributed by atoms with E-state index in [4.69, 9.17) is 11.6 Å². The predicted octanol–water partition coefficient (Wildman–Crippen LogP) is 6.99. The van der Waals surface area contributed by atoms with Gasteiger partial charge in [-0.1, -0.05) is 48.0 Å². The summed E-state index contributed by atoms with van der Waals surface area (Å²) < 4.78 is 1.95. The Morgan fingerprint density at radius 2 is 1.73 bits per heavy atom. The Labute approximate surface area is 224 Å². The van der Waals surface area contributed by atoms with Gasteiger partial charge in [0.15, 0.2) is 0 Å². The van der Waals surface area contributed by atoms with E-state index in [-0.39, 0.29) is 18.0 Å². The average molecular weight is 508 g/mol. The van der Waals surface area contributed by atoms with Crippen LogP contribution in [0.5, 0.6) is 0 Å². The Hall–Kier alpha value is -3.90. The van der Waals surface area contributed by atoms with E-state index < -0.39 is 5.41 Å². The van der Waals surface area contributed by atoms with Crippen molar-refractivity contribution in [2.75, 3.05) is 0 Å². The molecule has 5 nitrogen and oxygen atoms in total. The van der Waals surface area contributed by atoms with Crippen LogP contribution in [0.25, 0.3) is 5.69 Å². The third-order valence-corrected chi connectivity index (χ3v) is 7.14. The van der Waals surface area contributed by atoms with Crippen LogP contribution in [0, 0.1) is 28.1 Å². The monoisotopic (exact) mass is 507 g/mol. The minimum atomic E-state index is -0.663. The molecular weight excluding hydrogens is 478 g/mol. The third-order valence-electron chi connectivity index (χ3n) is 6.88. The SMILES string of the molecule is CC(N[C@@H](c1ccc(-n2ccnc2)cc1)C(C)(C)C#N)C(Cc1ccc(Cl)cc1)c1cccc(C#N)c1. The van der Waals surface area contributed by atoms with E-state index in [1.54, 1.807) is 12.5 Å². The molecule has 0 radical (unpaired) electrons. The summed E-state index contributed by atoms with van der Waals surface area (Å²) in [6, 6.07) is 28.5. The van der Waals surface area contributed by atoms with Crippen LogP contribution < -0.4 is 5.32 Å². The second-order valence-corrected chi connectivity index (χ2v) is 10.4. The number of nitrogens with zero attached hydrogens (tertiary/aromatic N) is 4. The first-order valence-electron chi connectivity index (χ1n) is 12.3. The van der Waals surface area contributed by atoms with E-state index in [2.05, 4.69) is 47.6 Å². The zero-order chi connectivity index (χ0) is 26.4. The highest BCUT2D eigenvalue weighted by atomic mass is 35.5. The molecule has 0 amide bonds. The highest BCUT2D eigenvalue weighted by molar-refractivity contribution is 6.30. The highest BCUT2D eigenvalue weighted by Crippen LogP contribution is 2.36. The predicted molar refractivity (Wildman–Crippen MR) is 147 cm³/mol. The Kier molecular flexibility index (Phi) is 8.09. The van der Waals surface area contributed by atoms with Crippen LogP contribution in [0.1, 0.15) is 55.0 Å². The lowest BCUT2D eigenvalue weighted by Gasteiger charge is -2.36. The fourth-order valence-corrected chi connectivity index (χ4v) is 4.84. The van der Waals surface area contributed by atoms with Crippen LogP contribution in [0.15, 0.2) is 91.5 Å². The maximum atomic E-state index is 10.1. The molecule has 3 aromatic carbocycles. The van der Waals surface area contributed by atoms with Gasteiger partial charge in [0.05, 0.1) is 35.5 Å². The Morgan fingerprint density at radius 3 is 2.35 bits per heavy atom. The molecule has 0 spiro atoms. The zero-order valence-corrected chi connectivity index (χ0v) is 22.0. The molecule has 1 N–H and O–H groups in total. The summed E-state index contributed by atoms with van der Waals surface area (Å²) >= 11 is 6.13. The van der Waals surface area contributed by atoms with Crippen LogP contribution in [-0.4, -0.2) is 15.6 Å². The molecule has 0 bridgehead atoms. The lowest BCUT2D eigenvalue weighted by molar-refractivity contribution is 0.281. The first-order valence-corrected chi connectivity index (χ1v) is 12.7. The molecule has 0 aliphatic carbocycles. The van der Waals surface area contributed by atoms with Crippen LogP contribution >= 0.6 is 11.6 Å². The number of rotatable bonds is 9. The molecule has 3 atom stereocenters. The number of imidazole rings is 1. The van der Waals surface area contributed by atoms with E-state index in [1.807, 2.05) is 79.2 Å². The molecule has 0 saturated heterocycles. The molecule has 4 rings (SSSR count). The van der Waals surface area contributed by atoms with Crippen molar-refractivity contribution in [1.82, 2.24) is 14.9 Å². The number of hydrogen-bond acceptors (Lipinski definition) is 4. The summed E-state index contributed by atoms with van der Waals surface area (Å²) in [5.74, 6) is 0.0664. The molecule has 4 aromatic rings. The summed E-state index contributed by atoms with van der Waals surface area (Å²) in [5.41, 5.74) is 4.26. The number of halogens is 1. The molecule has 0 aliphatic rings. The van der Waals surface area contributed by atoms with Gasteiger partial charge in [0.25, 0.3) is 0 Å². The van der Waals surface area contributed by atoms with Gasteiger partial charge in [-0.15, -0.1) is 0 Å². The second-order valence-electron chi connectivity index (χ2n) is 9.96. The lowest BCUT2D eigenvalue weighted by atomic mass is 9.79. The normalized spacial score (nSPS) is 13.8. The van der Waals surface area contributed by atoms with Crippen LogP contribution in [0.2, 0.25) is 5.02 Å². The van der Waals surface area contributed by atoms with Crippen LogP contribution in [-0.2, 0) is 6.42 Å². The largest absolute Gasteiger partial charge is 0.306 e. The minimum Gasteiger partial charge on any atom is -0.306 e. The van der Waals surface area contributed by atoms with Crippen molar-refractivity contribution in [1.29, 1.82) is 10.5 Å². The van der Waals surface area contributed by atoms with Gasteiger partial charge >= 0.3 is 0 Å². The van der Waals surface area contributed by atoms with Crippen molar-refractivity contribution < 1.29 is 0 Å². The van der Waals surface area contributed by atoms with Crippen molar-refractivity contribution in [3.8, 4) is 17.8 Å². The molecular formula is C31H30ClN5. The maximum absolute atomic E-state index is 10.1. The summed E-state index contributed by atoms with van der Waals surface area (Å²) in [7, 11) is 0. The standard InChI is InChI=1S/C31H30ClN5/c1-22(29(18-23-7-11-27(32)12-8-23)26-6-4-5-24(17-26)19-33)36-30(31(2,3)20-34)25-9-13-28(14-10-25)37-16-15-35-21-37/h4-17,21-22,29-30,36H,18H2,1-3H3/t22?,29?,30-/m0/s1. The van der Waals surface area contributed by atoms with Gasteiger partial charge in [0.1, 0.15) is 0 Å². The van der Waals surface area contributed by atoms with E-state index in [9.17, 15) is 10.5 Å². The fraction of sp³-hybridized carbons (Fsp3) is 0.258. The van der Waals surface area contributed by atoms with E-state index in [0.717, 1.165) is 28.8 Å². The molecule has 0 fully saturated rings. The summed E-state index contributed by atoms with van der Waals surface area (Å²) in [4.78, 5) is 4.13. The first kappa shape index (κ1) is 26.2. The van der Waals surface area contributed by atoms with Gasteiger partial charge in [-0.05, 0) is 80.3 Å². The molecule has 6 heteroatoms. The number of nitrogens with one attached hydrogen (secondary N) is 1. The Morgan fingerprint density at radius 1 is 1.00 bits per heavy atom. The summed E-state index contributed by atoms with van der Waals surface area (Å²) in [6.07, 6.45) is 6.19. The number of nitriles is 2. The molecule has 0 saturated carbocycles. The van der Waals surface area contributed by atoms with Gasteiger partial charge in [-0.3, -0.25) is 0 Å². The Balaban J connectivity index is 1.67. The second kappa shape index (κ2) is 11.4. The lowest BCUT2D eigenvalue weighted by Crippen LogP contribution is -2.42. The molecule has 186 valence electrons. The van der Waals surface area contributed by atoms with E-state index in [0.29, 0.717) is 10.6 Å². The van der Waals surface area contributed by atoms with Crippen molar-refractivity contribution in [2.24, 2.45) is 5.41 Å². The van der Waals surface area contributed by atoms with Gasteiger partial charge < -0.3 is 9.88 Å².